The number of nitrogens with zero attached hydrogens (tertiary/aromatic N) is 2. The fourth-order valence-electron chi connectivity index (χ4n) is 3.19. The Morgan fingerprint density at radius 2 is 1.94 bits per heavy atom. The van der Waals surface area contributed by atoms with Gasteiger partial charge in [0.05, 0.1) is 12.6 Å². The van der Waals surface area contributed by atoms with E-state index in [0.717, 1.165) is 22.5 Å². The Morgan fingerprint density at radius 3 is 2.75 bits per heavy atom. The first kappa shape index (κ1) is 21.5. The van der Waals surface area contributed by atoms with Gasteiger partial charge in [0, 0.05) is 11.1 Å². The molecule has 0 aromatic heterocycles. The average Bonchev–Trinajstić information content (AvgIpc) is 3.12. The Bertz CT molecular complexity index is 1240. The second-order valence-electron chi connectivity index (χ2n) is 6.92. The van der Waals surface area contributed by atoms with Gasteiger partial charge < -0.3 is 15.2 Å². The molecule has 0 spiro atoms. The molecule has 32 heavy (non-hydrogen) atoms. The summed E-state index contributed by atoms with van der Waals surface area (Å²) in [6.07, 6.45) is 1.21. The molecule has 2 N–H and O–H groups in total. The van der Waals surface area contributed by atoms with E-state index in [0.29, 0.717) is 16.9 Å². The lowest BCUT2D eigenvalue weighted by molar-refractivity contribution is -0.138. The fraction of sp³-hybridized carbons (Fsp3) is 0.130. The first-order valence-corrected chi connectivity index (χ1v) is 10.6. The third-order valence-corrected chi connectivity index (χ3v) is 5.82. The minimum atomic E-state index is -1.06. The van der Waals surface area contributed by atoms with Gasteiger partial charge in [-0.15, -0.1) is 5.10 Å². The van der Waals surface area contributed by atoms with Gasteiger partial charge in [-0.1, -0.05) is 60.3 Å². The zero-order valence-corrected chi connectivity index (χ0v) is 17.5. The maximum atomic E-state index is 14.0. The summed E-state index contributed by atoms with van der Waals surface area (Å²) < 4.78 is 19.9. The molecular formula is C23H18FN3O4S. The van der Waals surface area contributed by atoms with Crippen LogP contribution in [0, 0.1) is 5.82 Å². The molecule has 162 valence electrons. The molecule has 1 saturated heterocycles. The van der Waals surface area contributed by atoms with Gasteiger partial charge in [-0.2, -0.15) is 5.10 Å². The molecule has 1 atom stereocenters. The molecule has 3 aromatic carbocycles. The summed E-state index contributed by atoms with van der Waals surface area (Å²) in [5, 5.41) is 20.8. The number of nitrogens with one attached hydrogen (secondary N) is 1. The molecule has 1 fully saturated rings. The number of amidine groups is 1. The van der Waals surface area contributed by atoms with E-state index >= 15 is 0 Å². The van der Waals surface area contributed by atoms with Crippen LogP contribution >= 0.6 is 11.8 Å². The zero-order valence-electron chi connectivity index (χ0n) is 16.7. The van der Waals surface area contributed by atoms with Crippen molar-refractivity contribution in [1.29, 1.82) is 0 Å². The molecule has 0 bridgehead atoms. The Morgan fingerprint density at radius 1 is 1.16 bits per heavy atom. The maximum Gasteiger partial charge on any atom is 0.305 e. The first-order chi connectivity index (χ1) is 15.5. The molecule has 1 aliphatic heterocycles. The molecule has 3 aromatic rings. The number of halogens is 1. The lowest BCUT2D eigenvalue weighted by atomic mass is 10.0. The number of carbonyl (C=O) groups is 2. The first-order valence-electron chi connectivity index (χ1n) is 9.69. The summed E-state index contributed by atoms with van der Waals surface area (Å²) in [5.74, 6) is -1.32. The number of hydrogen-bond donors (Lipinski definition) is 2. The predicted octanol–water partition coefficient (Wildman–Crippen LogP) is 3.95. The number of thioether (sulfide) groups is 1. The Balaban J connectivity index is 1.59. The summed E-state index contributed by atoms with van der Waals surface area (Å²) >= 11 is 1.02. The number of ether oxygens (including phenoxy) is 1. The van der Waals surface area contributed by atoms with Gasteiger partial charge in [-0.25, -0.2) is 4.39 Å². The van der Waals surface area contributed by atoms with E-state index in [-0.39, 0.29) is 24.0 Å². The second-order valence-corrected chi connectivity index (χ2v) is 8.11. The monoisotopic (exact) mass is 451 g/mol. The van der Waals surface area contributed by atoms with Crippen LogP contribution in [0.4, 0.5) is 4.39 Å². The summed E-state index contributed by atoms with van der Waals surface area (Å²) in [6, 6.07) is 17.7. The van der Waals surface area contributed by atoms with Crippen molar-refractivity contribution in [3.05, 3.63) is 77.6 Å². The third-order valence-electron chi connectivity index (χ3n) is 4.74. The van der Waals surface area contributed by atoms with Crippen molar-refractivity contribution >= 4 is 45.8 Å². The summed E-state index contributed by atoms with van der Waals surface area (Å²) in [4.78, 5) is 22.7. The predicted molar refractivity (Wildman–Crippen MR) is 121 cm³/mol. The lowest BCUT2D eigenvalue weighted by Crippen LogP contribution is -2.26. The van der Waals surface area contributed by atoms with Crippen molar-refractivity contribution in [1.82, 2.24) is 5.32 Å². The van der Waals surface area contributed by atoms with Gasteiger partial charge in [0.15, 0.2) is 5.17 Å². The highest BCUT2D eigenvalue weighted by Crippen LogP contribution is 2.28. The molecule has 4 rings (SSSR count). The van der Waals surface area contributed by atoms with E-state index in [2.05, 4.69) is 15.5 Å². The number of carboxylic acid groups (broad SMARTS) is 1. The quantitative estimate of drug-likeness (QED) is 0.418. The van der Waals surface area contributed by atoms with Crippen molar-refractivity contribution in [2.24, 2.45) is 10.2 Å². The van der Waals surface area contributed by atoms with E-state index in [1.54, 1.807) is 24.3 Å². The molecule has 1 heterocycles. The van der Waals surface area contributed by atoms with Crippen LogP contribution in [0.5, 0.6) is 5.75 Å². The number of benzene rings is 3. The minimum absolute atomic E-state index is 0.0448. The van der Waals surface area contributed by atoms with Gasteiger partial charge in [-0.3, -0.25) is 9.59 Å². The van der Waals surface area contributed by atoms with Crippen molar-refractivity contribution in [3.63, 3.8) is 0 Å². The Labute approximate surface area is 187 Å². The Hall–Kier alpha value is -3.72. The molecule has 9 heteroatoms. The van der Waals surface area contributed by atoms with Crippen LogP contribution in [0.25, 0.3) is 10.8 Å². The summed E-state index contributed by atoms with van der Waals surface area (Å²) in [5.41, 5.74) is 1.08. The van der Waals surface area contributed by atoms with Gasteiger partial charge in [0.2, 0.25) is 5.91 Å². The largest absolute Gasteiger partial charge is 0.488 e. The van der Waals surface area contributed by atoms with Gasteiger partial charge in [0.25, 0.3) is 0 Å². The van der Waals surface area contributed by atoms with E-state index in [9.17, 15) is 14.0 Å². The number of carbonyl (C=O) groups excluding carboxylic acids is 1. The maximum absolute atomic E-state index is 14.0. The van der Waals surface area contributed by atoms with Crippen LogP contribution in [-0.4, -0.2) is 33.6 Å². The van der Waals surface area contributed by atoms with Crippen LogP contribution in [-0.2, 0) is 16.2 Å². The number of amides is 1. The Kier molecular flexibility index (Phi) is 6.46. The average molecular weight is 451 g/mol. The SMILES string of the molecule is O=C(O)CC1SC(=NN=Cc2c(OCc3ccccc3F)ccc3ccccc23)NC1=O. The smallest absolute Gasteiger partial charge is 0.305 e. The highest BCUT2D eigenvalue weighted by Gasteiger charge is 2.32. The van der Waals surface area contributed by atoms with Gasteiger partial charge in [-0.05, 0) is 22.9 Å². The standard InChI is InChI=1S/C23H18FN3O4S/c24-18-8-4-2-6-15(18)13-31-19-10-9-14-5-1-3-7-16(14)17(19)12-25-27-23-26-22(30)20(32-23)11-21(28)29/h1-10,12,20H,11,13H2,(H,28,29)(H,26,27,30). The summed E-state index contributed by atoms with van der Waals surface area (Å²) in [6.45, 7) is 0.0448. The number of rotatable bonds is 7. The second kappa shape index (κ2) is 9.61. The molecule has 1 unspecified atom stereocenters. The van der Waals surface area contributed by atoms with E-state index in [1.165, 1.54) is 12.3 Å². The molecule has 7 nitrogen and oxygen atoms in total. The van der Waals surface area contributed by atoms with Gasteiger partial charge >= 0.3 is 5.97 Å². The number of fused-ring (bicyclic) bond motifs is 1. The van der Waals surface area contributed by atoms with Crippen molar-refractivity contribution in [2.75, 3.05) is 0 Å². The highest BCUT2D eigenvalue weighted by molar-refractivity contribution is 8.15. The minimum Gasteiger partial charge on any atom is -0.488 e. The van der Waals surface area contributed by atoms with E-state index in [1.807, 2.05) is 30.3 Å². The van der Waals surface area contributed by atoms with Crippen molar-refractivity contribution < 1.29 is 23.8 Å². The summed E-state index contributed by atoms with van der Waals surface area (Å²) in [7, 11) is 0. The lowest BCUT2D eigenvalue weighted by Gasteiger charge is -2.12. The molecule has 1 aliphatic rings. The highest BCUT2D eigenvalue weighted by atomic mass is 32.2. The topological polar surface area (TPSA) is 100 Å². The van der Waals surface area contributed by atoms with Crippen LogP contribution < -0.4 is 10.1 Å². The molecule has 0 radical (unpaired) electrons. The van der Waals surface area contributed by atoms with Crippen LogP contribution in [0.1, 0.15) is 17.5 Å². The van der Waals surface area contributed by atoms with Crippen molar-refractivity contribution in [3.8, 4) is 5.75 Å². The van der Waals surface area contributed by atoms with Gasteiger partial charge in [0.1, 0.15) is 23.4 Å². The van der Waals surface area contributed by atoms with Crippen LogP contribution in [0.3, 0.4) is 0 Å². The van der Waals surface area contributed by atoms with Crippen LogP contribution in [0.2, 0.25) is 0 Å². The van der Waals surface area contributed by atoms with E-state index in [4.69, 9.17) is 9.84 Å². The number of carboxylic acids is 1. The molecule has 0 aliphatic carbocycles. The van der Waals surface area contributed by atoms with Crippen molar-refractivity contribution in [2.45, 2.75) is 18.3 Å². The number of hydrogen-bond acceptors (Lipinski definition) is 6. The van der Waals surface area contributed by atoms with E-state index < -0.39 is 17.1 Å². The normalized spacial score (nSPS) is 17.2. The molecule has 1 amide bonds. The molecular weight excluding hydrogens is 433 g/mol. The number of aliphatic carboxylic acids is 1. The third kappa shape index (κ3) is 4.94. The van der Waals surface area contributed by atoms with Crippen LogP contribution in [0.15, 0.2) is 70.9 Å². The molecule has 0 saturated carbocycles. The fourth-order valence-corrected chi connectivity index (χ4v) is 4.10. The zero-order chi connectivity index (χ0) is 22.5.